The van der Waals surface area contributed by atoms with Gasteiger partial charge in [0, 0.05) is 11.4 Å². The van der Waals surface area contributed by atoms with Gasteiger partial charge in [0.2, 0.25) is 0 Å². The molecule has 1 heterocycles. The highest BCUT2D eigenvalue weighted by Gasteiger charge is 2.36. The van der Waals surface area contributed by atoms with E-state index in [1.807, 2.05) is 19.9 Å². The highest BCUT2D eigenvalue weighted by Crippen LogP contribution is 2.24. The number of rotatable bonds is 5. The van der Waals surface area contributed by atoms with Crippen molar-refractivity contribution in [2.75, 3.05) is 21.5 Å². The molecule has 0 unspecified atom stereocenters. The molecule has 0 aromatic heterocycles. The molecule has 1 saturated heterocycles. The number of anilines is 2. The second-order valence-electron chi connectivity index (χ2n) is 7.28. The molecule has 2 atom stereocenters. The minimum atomic E-state index is -3.73. The summed E-state index contributed by atoms with van der Waals surface area (Å²) in [4.78, 5) is 0.233. The Labute approximate surface area is 165 Å². The summed E-state index contributed by atoms with van der Waals surface area (Å²) in [5.41, 5.74) is 3.60. The molecule has 1 aliphatic heterocycles. The topological polar surface area (TPSA) is 113 Å². The van der Waals surface area contributed by atoms with E-state index in [2.05, 4.69) is 10.0 Å². The van der Waals surface area contributed by atoms with Gasteiger partial charge in [-0.1, -0.05) is 6.07 Å². The number of sulfonamides is 1. The third-order valence-corrected chi connectivity index (χ3v) is 8.13. The SMILES string of the molecule is Cc1cc(C)c(S(=O)(=O)Nc2ccc(N[C@H]3CS(=O)(=O)C[C@@H]3O)cc2)cc1C. The number of aryl methyl sites for hydroxylation is 3. The van der Waals surface area contributed by atoms with Gasteiger partial charge in [-0.05, 0) is 67.8 Å². The Kier molecular flexibility index (Phi) is 5.44. The molecule has 2 aromatic rings. The number of hydrogen-bond donors (Lipinski definition) is 3. The summed E-state index contributed by atoms with van der Waals surface area (Å²) in [5, 5.41) is 12.8. The molecule has 0 saturated carbocycles. The van der Waals surface area contributed by atoms with E-state index in [0.717, 1.165) is 11.1 Å². The quantitative estimate of drug-likeness (QED) is 0.677. The monoisotopic (exact) mass is 424 g/mol. The Morgan fingerprint density at radius 1 is 0.929 bits per heavy atom. The molecule has 3 N–H and O–H groups in total. The fourth-order valence-corrected chi connectivity index (χ4v) is 6.36. The Balaban J connectivity index is 1.75. The highest BCUT2D eigenvalue weighted by atomic mass is 32.2. The molecule has 3 rings (SSSR count). The average molecular weight is 425 g/mol. The molecule has 0 radical (unpaired) electrons. The van der Waals surface area contributed by atoms with E-state index in [0.29, 0.717) is 16.9 Å². The van der Waals surface area contributed by atoms with Gasteiger partial charge in [0.15, 0.2) is 9.84 Å². The number of benzene rings is 2. The van der Waals surface area contributed by atoms with Gasteiger partial charge in [0.05, 0.1) is 28.5 Å². The zero-order valence-electron chi connectivity index (χ0n) is 15.9. The Morgan fingerprint density at radius 2 is 1.50 bits per heavy atom. The Morgan fingerprint density at radius 3 is 2.07 bits per heavy atom. The lowest BCUT2D eigenvalue weighted by atomic mass is 10.1. The van der Waals surface area contributed by atoms with Crippen molar-refractivity contribution in [3.8, 4) is 0 Å². The van der Waals surface area contributed by atoms with Gasteiger partial charge in [0.1, 0.15) is 0 Å². The van der Waals surface area contributed by atoms with Crippen LogP contribution in [0.15, 0.2) is 41.3 Å². The maximum atomic E-state index is 12.7. The first-order valence-corrected chi connectivity index (χ1v) is 12.1. The van der Waals surface area contributed by atoms with Crippen LogP contribution in [-0.2, 0) is 19.9 Å². The third-order valence-electron chi connectivity index (χ3n) is 4.89. The molecular formula is C19H24N2O5S2. The van der Waals surface area contributed by atoms with Crippen LogP contribution in [-0.4, -0.2) is 45.6 Å². The maximum Gasteiger partial charge on any atom is 0.262 e. The highest BCUT2D eigenvalue weighted by molar-refractivity contribution is 7.92. The van der Waals surface area contributed by atoms with Crippen LogP contribution in [0.2, 0.25) is 0 Å². The summed E-state index contributed by atoms with van der Waals surface area (Å²) >= 11 is 0. The molecule has 0 spiro atoms. The van der Waals surface area contributed by atoms with Crippen molar-refractivity contribution in [1.29, 1.82) is 0 Å². The van der Waals surface area contributed by atoms with Crippen LogP contribution in [0, 0.1) is 20.8 Å². The van der Waals surface area contributed by atoms with Crippen LogP contribution in [0.25, 0.3) is 0 Å². The molecule has 2 aromatic carbocycles. The first-order valence-electron chi connectivity index (χ1n) is 8.83. The zero-order chi connectivity index (χ0) is 20.7. The largest absolute Gasteiger partial charge is 0.390 e. The predicted molar refractivity (Wildman–Crippen MR) is 110 cm³/mol. The van der Waals surface area contributed by atoms with Crippen molar-refractivity contribution < 1.29 is 21.9 Å². The number of hydrogen-bond acceptors (Lipinski definition) is 6. The molecule has 1 fully saturated rings. The summed E-state index contributed by atoms with van der Waals surface area (Å²) in [6.45, 7) is 5.56. The van der Waals surface area contributed by atoms with Gasteiger partial charge < -0.3 is 10.4 Å². The standard InChI is InChI=1S/C19H24N2O5S2/c1-12-8-14(3)19(9-13(12)2)28(25,26)21-16-6-4-15(5-7-16)20-17-10-27(23,24)11-18(17)22/h4-9,17-18,20-22H,10-11H2,1-3H3/t17-,18-/m0/s1. The Bertz CT molecular complexity index is 1090. The summed E-state index contributed by atoms with van der Waals surface area (Å²) in [6.07, 6.45) is -0.962. The smallest absolute Gasteiger partial charge is 0.262 e. The van der Waals surface area contributed by atoms with Crippen molar-refractivity contribution in [2.24, 2.45) is 0 Å². The number of aliphatic hydroxyl groups excluding tert-OH is 1. The van der Waals surface area contributed by atoms with E-state index >= 15 is 0 Å². The van der Waals surface area contributed by atoms with E-state index in [9.17, 15) is 21.9 Å². The van der Waals surface area contributed by atoms with E-state index < -0.39 is 32.0 Å². The number of sulfone groups is 1. The van der Waals surface area contributed by atoms with E-state index in [1.165, 1.54) is 0 Å². The van der Waals surface area contributed by atoms with Crippen LogP contribution < -0.4 is 10.0 Å². The molecule has 0 bridgehead atoms. The number of aliphatic hydroxyl groups is 1. The lowest BCUT2D eigenvalue weighted by Crippen LogP contribution is -2.31. The first-order chi connectivity index (χ1) is 13.0. The van der Waals surface area contributed by atoms with Crippen LogP contribution in [0.5, 0.6) is 0 Å². The molecule has 28 heavy (non-hydrogen) atoms. The molecule has 1 aliphatic rings. The Hall–Kier alpha value is -2.10. The van der Waals surface area contributed by atoms with Crippen LogP contribution in [0.1, 0.15) is 16.7 Å². The second kappa shape index (κ2) is 7.38. The molecule has 0 aliphatic carbocycles. The summed E-state index contributed by atoms with van der Waals surface area (Å²) in [5.74, 6) is -0.382. The van der Waals surface area contributed by atoms with Crippen molar-refractivity contribution in [2.45, 2.75) is 37.8 Å². The number of nitrogens with one attached hydrogen (secondary N) is 2. The third kappa shape index (κ3) is 4.48. The van der Waals surface area contributed by atoms with E-state index in [1.54, 1.807) is 37.3 Å². The lowest BCUT2D eigenvalue weighted by molar-refractivity contribution is 0.190. The molecule has 7 nitrogen and oxygen atoms in total. The van der Waals surface area contributed by atoms with Crippen molar-refractivity contribution >= 4 is 31.2 Å². The van der Waals surface area contributed by atoms with E-state index in [4.69, 9.17) is 0 Å². The molecule has 9 heteroatoms. The van der Waals surface area contributed by atoms with Crippen molar-refractivity contribution in [3.63, 3.8) is 0 Å². The minimum Gasteiger partial charge on any atom is -0.390 e. The molecule has 152 valence electrons. The van der Waals surface area contributed by atoms with Gasteiger partial charge in [-0.2, -0.15) is 0 Å². The molecule has 0 amide bonds. The summed E-state index contributed by atoms with van der Waals surface area (Å²) in [7, 11) is -6.97. The van der Waals surface area contributed by atoms with Gasteiger partial charge >= 0.3 is 0 Å². The van der Waals surface area contributed by atoms with Crippen LogP contribution in [0.3, 0.4) is 0 Å². The van der Waals surface area contributed by atoms with Gasteiger partial charge in [-0.3, -0.25) is 4.72 Å². The normalized spacial score (nSPS) is 21.4. The lowest BCUT2D eigenvalue weighted by Gasteiger charge is -2.17. The summed E-state index contributed by atoms with van der Waals surface area (Å²) in [6, 6.07) is 9.39. The predicted octanol–water partition coefficient (Wildman–Crippen LogP) is 1.98. The zero-order valence-corrected chi connectivity index (χ0v) is 17.6. The second-order valence-corrected chi connectivity index (χ2v) is 11.1. The van der Waals surface area contributed by atoms with Crippen molar-refractivity contribution in [1.82, 2.24) is 0 Å². The minimum absolute atomic E-state index is 0.130. The fourth-order valence-electron chi connectivity index (χ4n) is 3.25. The fraction of sp³-hybridized carbons (Fsp3) is 0.368. The van der Waals surface area contributed by atoms with Crippen LogP contribution in [0.4, 0.5) is 11.4 Å². The first kappa shape index (κ1) is 20.6. The molecular weight excluding hydrogens is 400 g/mol. The van der Waals surface area contributed by atoms with E-state index in [-0.39, 0.29) is 16.4 Å². The maximum absolute atomic E-state index is 12.7. The van der Waals surface area contributed by atoms with Crippen LogP contribution >= 0.6 is 0 Å². The summed E-state index contributed by atoms with van der Waals surface area (Å²) < 4.78 is 51.2. The van der Waals surface area contributed by atoms with Gasteiger partial charge in [-0.25, -0.2) is 16.8 Å². The average Bonchev–Trinajstić information content (AvgIpc) is 2.84. The van der Waals surface area contributed by atoms with Gasteiger partial charge in [-0.15, -0.1) is 0 Å². The van der Waals surface area contributed by atoms with Crippen molar-refractivity contribution in [3.05, 3.63) is 53.1 Å². The van der Waals surface area contributed by atoms with Gasteiger partial charge in [0.25, 0.3) is 10.0 Å².